The zero-order valence-electron chi connectivity index (χ0n) is 24.6. The summed E-state index contributed by atoms with van der Waals surface area (Å²) in [7, 11) is 1.91. The van der Waals surface area contributed by atoms with Gasteiger partial charge in [-0.15, -0.1) is 0 Å². The smallest absolute Gasteiger partial charge is 0.255 e. The van der Waals surface area contributed by atoms with E-state index in [1.54, 1.807) is 42.7 Å². The van der Waals surface area contributed by atoms with Crippen molar-refractivity contribution in [2.45, 2.75) is 12.5 Å². The summed E-state index contributed by atoms with van der Waals surface area (Å²) in [5, 5.41) is 13.4. The number of nitrogens with one attached hydrogen (secondary N) is 1. The predicted octanol–water partition coefficient (Wildman–Crippen LogP) is 4.81. The number of benzene rings is 2. The van der Waals surface area contributed by atoms with Gasteiger partial charge in [0.15, 0.2) is 5.75 Å². The number of carbonyl (C=O) groups excluding carboxylic acids is 2. The first kappa shape index (κ1) is 30.3. The number of hydrogen-bond donors (Lipinski definition) is 2. The van der Waals surface area contributed by atoms with E-state index in [9.17, 15) is 19.1 Å². The molecule has 0 aliphatic carbocycles. The summed E-state index contributed by atoms with van der Waals surface area (Å²) < 4.78 is 20.6. The molecular formula is C33H32ClFN6O4. The minimum atomic E-state index is -0.435. The number of phenols is 1. The van der Waals surface area contributed by atoms with E-state index in [4.69, 9.17) is 16.3 Å². The van der Waals surface area contributed by atoms with Gasteiger partial charge in [0, 0.05) is 42.1 Å². The van der Waals surface area contributed by atoms with Crippen LogP contribution in [0, 0.1) is 5.82 Å². The topological polar surface area (TPSA) is 111 Å². The number of pyridine rings is 2. The minimum Gasteiger partial charge on any atom is -0.507 e. The van der Waals surface area contributed by atoms with Crippen molar-refractivity contribution in [3.63, 3.8) is 0 Å². The zero-order chi connectivity index (χ0) is 31.5. The number of phenolic OH excluding ortho intramolecular Hbond substituents is 1. The second-order valence-electron chi connectivity index (χ2n) is 11.0. The Bertz CT molecular complexity index is 1740. The van der Waals surface area contributed by atoms with Gasteiger partial charge in [-0.1, -0.05) is 23.7 Å². The van der Waals surface area contributed by atoms with Crippen molar-refractivity contribution in [2.24, 2.45) is 0 Å². The Morgan fingerprint density at radius 2 is 1.96 bits per heavy atom. The molecule has 1 atom stereocenters. The largest absolute Gasteiger partial charge is 0.507 e. The molecule has 0 saturated carbocycles. The molecule has 232 valence electrons. The van der Waals surface area contributed by atoms with Gasteiger partial charge in [0.1, 0.15) is 18.2 Å². The number of aromatic hydroxyl groups is 1. The van der Waals surface area contributed by atoms with E-state index >= 15 is 0 Å². The Labute approximate surface area is 265 Å². The van der Waals surface area contributed by atoms with Crippen LogP contribution in [0.4, 0.5) is 15.8 Å². The van der Waals surface area contributed by atoms with Crippen molar-refractivity contribution >= 4 is 34.8 Å². The molecule has 1 fully saturated rings. The molecule has 0 bridgehead atoms. The lowest BCUT2D eigenvalue weighted by atomic mass is 10.0. The van der Waals surface area contributed by atoms with Crippen molar-refractivity contribution in [2.75, 3.05) is 51.3 Å². The van der Waals surface area contributed by atoms with Crippen molar-refractivity contribution in [1.82, 2.24) is 25.1 Å². The molecule has 6 rings (SSSR count). The minimum absolute atomic E-state index is 0.0241. The lowest BCUT2D eigenvalue weighted by Crippen LogP contribution is -2.50. The summed E-state index contributed by atoms with van der Waals surface area (Å²) in [4.78, 5) is 41.0. The SMILES string of the molecule is CN1CCN(C(CCNC(=O)c2ccccc2O)c2cc(N3CCOc4cnc(-c5cc(Cl)ccc5F)cc43)ccn2)C(=O)C1. The molecule has 4 aromatic rings. The first-order valence-electron chi connectivity index (χ1n) is 14.6. The van der Waals surface area contributed by atoms with Crippen molar-refractivity contribution in [1.29, 1.82) is 0 Å². The van der Waals surface area contributed by atoms with E-state index in [0.29, 0.717) is 60.5 Å². The molecule has 4 heterocycles. The van der Waals surface area contributed by atoms with Crippen LogP contribution < -0.4 is 15.0 Å². The lowest BCUT2D eigenvalue weighted by molar-refractivity contribution is -0.138. The lowest BCUT2D eigenvalue weighted by Gasteiger charge is -2.38. The second kappa shape index (κ2) is 13.1. The quantitative estimate of drug-likeness (QED) is 0.286. The highest BCUT2D eigenvalue weighted by Gasteiger charge is 2.31. The summed E-state index contributed by atoms with van der Waals surface area (Å²) in [5.41, 5.74) is 3.08. The van der Waals surface area contributed by atoms with Gasteiger partial charge in [0.25, 0.3) is 5.91 Å². The van der Waals surface area contributed by atoms with Gasteiger partial charge in [0.2, 0.25) is 5.91 Å². The van der Waals surface area contributed by atoms with Gasteiger partial charge in [-0.2, -0.15) is 0 Å². The molecule has 2 aromatic heterocycles. The summed E-state index contributed by atoms with van der Waals surface area (Å²) >= 11 is 6.15. The Balaban J connectivity index is 1.29. The fourth-order valence-corrected chi connectivity index (χ4v) is 5.87. The van der Waals surface area contributed by atoms with Crippen LogP contribution in [0.2, 0.25) is 5.02 Å². The van der Waals surface area contributed by atoms with Crippen LogP contribution in [0.25, 0.3) is 11.3 Å². The number of hydrogen-bond acceptors (Lipinski definition) is 8. The standard InChI is InChI=1S/C33H32ClFN6O4/c1-39-12-13-41(32(43)20-39)28(9-11-37-33(44)23-4-2-3-5-30(23)42)27-17-22(8-10-36-27)40-14-15-45-31-19-38-26(18-29(31)40)24-16-21(34)6-7-25(24)35/h2-8,10,16-19,28,42H,9,11-15,20H2,1H3,(H,37,44). The van der Waals surface area contributed by atoms with Crippen molar-refractivity contribution < 1.29 is 23.8 Å². The summed E-state index contributed by atoms with van der Waals surface area (Å²) in [5.74, 6) is -0.399. The van der Waals surface area contributed by atoms with Crippen molar-refractivity contribution in [3.8, 4) is 22.8 Å². The van der Waals surface area contributed by atoms with Gasteiger partial charge in [-0.25, -0.2) is 4.39 Å². The zero-order valence-corrected chi connectivity index (χ0v) is 25.4. The van der Waals surface area contributed by atoms with Gasteiger partial charge in [-0.3, -0.25) is 24.5 Å². The van der Waals surface area contributed by atoms with Crippen LogP contribution in [0.15, 0.2) is 73.1 Å². The normalized spacial score (nSPS) is 15.8. The fourth-order valence-electron chi connectivity index (χ4n) is 5.70. The first-order chi connectivity index (χ1) is 21.8. The molecule has 0 radical (unpaired) electrons. The first-order valence-corrected chi connectivity index (χ1v) is 15.0. The number of halogens is 2. The number of aromatic nitrogens is 2. The monoisotopic (exact) mass is 630 g/mol. The number of ether oxygens (including phenoxy) is 1. The third-order valence-electron chi connectivity index (χ3n) is 8.01. The van der Waals surface area contributed by atoms with Crippen LogP contribution >= 0.6 is 11.6 Å². The fraction of sp³-hybridized carbons (Fsp3) is 0.273. The number of carbonyl (C=O) groups is 2. The van der Waals surface area contributed by atoms with Gasteiger partial charge in [0.05, 0.1) is 48.0 Å². The summed E-state index contributed by atoms with van der Waals surface area (Å²) in [6.07, 6.45) is 3.69. The maximum atomic E-state index is 14.7. The van der Waals surface area contributed by atoms with E-state index in [1.165, 1.54) is 18.2 Å². The van der Waals surface area contributed by atoms with E-state index in [-0.39, 0.29) is 35.9 Å². The Morgan fingerprint density at radius 3 is 2.78 bits per heavy atom. The molecule has 0 spiro atoms. The maximum Gasteiger partial charge on any atom is 0.255 e. The number of para-hydroxylation sites is 1. The average Bonchev–Trinajstić information content (AvgIpc) is 3.04. The maximum absolute atomic E-state index is 14.7. The molecule has 45 heavy (non-hydrogen) atoms. The Morgan fingerprint density at radius 1 is 1.11 bits per heavy atom. The number of anilines is 2. The third kappa shape index (κ3) is 6.54. The van der Waals surface area contributed by atoms with Gasteiger partial charge >= 0.3 is 0 Å². The molecular weight excluding hydrogens is 599 g/mol. The molecule has 2 N–H and O–H groups in total. The van der Waals surface area contributed by atoms with Crippen LogP contribution in [0.1, 0.15) is 28.5 Å². The third-order valence-corrected chi connectivity index (χ3v) is 8.24. The molecule has 1 saturated heterocycles. The summed E-state index contributed by atoms with van der Waals surface area (Å²) in [6.45, 7) is 2.69. The molecule has 2 aliphatic heterocycles. The number of likely N-dealkylation sites (N-methyl/N-ethyl adjacent to an activating group) is 1. The van der Waals surface area contributed by atoms with E-state index in [1.807, 2.05) is 29.0 Å². The summed E-state index contributed by atoms with van der Waals surface area (Å²) in [6, 6.07) is 15.9. The van der Waals surface area contributed by atoms with Gasteiger partial charge in [-0.05, 0) is 62.0 Å². The number of piperazine rings is 1. The number of rotatable bonds is 8. The second-order valence-corrected chi connectivity index (χ2v) is 11.4. The molecule has 2 aliphatic rings. The molecule has 2 amide bonds. The van der Waals surface area contributed by atoms with E-state index in [0.717, 1.165) is 5.69 Å². The van der Waals surface area contributed by atoms with Crippen LogP contribution in [-0.2, 0) is 4.79 Å². The number of nitrogens with zero attached hydrogens (tertiary/aromatic N) is 5. The molecule has 10 nitrogen and oxygen atoms in total. The average molecular weight is 631 g/mol. The van der Waals surface area contributed by atoms with E-state index in [2.05, 4.69) is 20.2 Å². The number of fused-ring (bicyclic) bond motifs is 1. The van der Waals surface area contributed by atoms with Crippen LogP contribution in [0.5, 0.6) is 11.5 Å². The Kier molecular flexibility index (Phi) is 8.81. The highest BCUT2D eigenvalue weighted by atomic mass is 35.5. The number of amides is 2. The van der Waals surface area contributed by atoms with Gasteiger partial charge < -0.3 is 25.0 Å². The predicted molar refractivity (Wildman–Crippen MR) is 168 cm³/mol. The molecule has 12 heteroatoms. The highest BCUT2D eigenvalue weighted by molar-refractivity contribution is 6.30. The van der Waals surface area contributed by atoms with Crippen LogP contribution in [0.3, 0.4) is 0 Å². The van der Waals surface area contributed by atoms with Crippen molar-refractivity contribution in [3.05, 3.63) is 95.2 Å². The highest BCUT2D eigenvalue weighted by Crippen LogP contribution is 2.40. The molecule has 1 unspecified atom stereocenters. The van der Waals surface area contributed by atoms with Crippen LogP contribution in [-0.4, -0.2) is 83.1 Å². The Hall–Kier alpha value is -4.74. The molecule has 2 aromatic carbocycles. The van der Waals surface area contributed by atoms with E-state index < -0.39 is 17.8 Å².